The highest BCUT2D eigenvalue weighted by Crippen LogP contribution is 2.36. The van der Waals surface area contributed by atoms with E-state index in [9.17, 15) is 9.59 Å². The van der Waals surface area contributed by atoms with Crippen molar-refractivity contribution in [2.24, 2.45) is 0 Å². The number of hydrogen-bond acceptors (Lipinski definition) is 5. The quantitative estimate of drug-likeness (QED) is 0.666. The standard InChI is InChI=1S/C20H18BNO4/c1-22-12-19(23)25-21(26-20(24)13-22)9-8-14-6-7-16-11-15-4-2-3-5-17(15)18(16)10-14/h2-10H,11-13H2,1H3/b9-8+. The second-order valence-electron chi connectivity index (χ2n) is 6.63. The second kappa shape index (κ2) is 6.80. The molecular weight excluding hydrogens is 329 g/mol. The van der Waals surface area contributed by atoms with Crippen LogP contribution >= 0.6 is 0 Å². The topological polar surface area (TPSA) is 55.8 Å². The number of likely N-dealkylation sites (N-methyl/N-ethyl adjacent to an activating group) is 1. The van der Waals surface area contributed by atoms with Gasteiger partial charge in [0.05, 0.1) is 13.1 Å². The maximum atomic E-state index is 11.8. The zero-order chi connectivity index (χ0) is 18.1. The van der Waals surface area contributed by atoms with Crippen molar-refractivity contribution < 1.29 is 18.9 Å². The number of carbonyl (C=O) groups excluding carboxylic acids is 2. The van der Waals surface area contributed by atoms with Crippen LogP contribution in [0.5, 0.6) is 0 Å². The molecule has 0 saturated carbocycles. The molecule has 130 valence electrons. The van der Waals surface area contributed by atoms with Crippen LogP contribution in [0.4, 0.5) is 0 Å². The van der Waals surface area contributed by atoms with Crippen LogP contribution < -0.4 is 0 Å². The van der Waals surface area contributed by atoms with E-state index < -0.39 is 19.1 Å². The molecule has 1 saturated heterocycles. The second-order valence-corrected chi connectivity index (χ2v) is 6.63. The summed E-state index contributed by atoms with van der Waals surface area (Å²) in [4.78, 5) is 25.1. The zero-order valence-corrected chi connectivity index (χ0v) is 14.5. The average Bonchev–Trinajstić information content (AvgIpc) is 2.96. The van der Waals surface area contributed by atoms with E-state index in [1.165, 1.54) is 22.3 Å². The van der Waals surface area contributed by atoms with E-state index in [1.54, 1.807) is 17.9 Å². The Morgan fingerprint density at radius 1 is 0.962 bits per heavy atom. The summed E-state index contributed by atoms with van der Waals surface area (Å²) in [7, 11) is 0.672. The SMILES string of the molecule is CN1CC(=O)OB(/C=C/c2ccc3c(c2)-c2ccccc2C3)OC(=O)C1. The number of fused-ring (bicyclic) bond motifs is 3. The van der Waals surface area contributed by atoms with Crippen molar-refractivity contribution in [1.82, 2.24) is 4.90 Å². The maximum absolute atomic E-state index is 11.8. The molecule has 0 amide bonds. The highest BCUT2D eigenvalue weighted by atomic mass is 16.6. The minimum Gasteiger partial charge on any atom is -0.495 e. The summed E-state index contributed by atoms with van der Waals surface area (Å²) < 4.78 is 10.4. The molecule has 0 radical (unpaired) electrons. The lowest BCUT2D eigenvalue weighted by atomic mass is 9.88. The molecule has 26 heavy (non-hydrogen) atoms. The summed E-state index contributed by atoms with van der Waals surface area (Å²) in [5.74, 6) is 0.763. The van der Waals surface area contributed by atoms with Gasteiger partial charge in [-0.15, -0.1) is 0 Å². The molecule has 5 nitrogen and oxygen atoms in total. The predicted molar refractivity (Wildman–Crippen MR) is 99.2 cm³/mol. The third-order valence-corrected chi connectivity index (χ3v) is 4.56. The number of nitrogens with zero attached hydrogens (tertiary/aromatic N) is 1. The predicted octanol–water partition coefficient (Wildman–Crippen LogP) is 2.33. The minimum atomic E-state index is -0.996. The Balaban J connectivity index is 1.54. The summed E-state index contributed by atoms with van der Waals surface area (Å²) >= 11 is 0. The Morgan fingerprint density at radius 2 is 1.65 bits per heavy atom. The third kappa shape index (κ3) is 3.41. The zero-order valence-electron chi connectivity index (χ0n) is 14.5. The largest absolute Gasteiger partial charge is 0.628 e. The molecule has 2 aromatic carbocycles. The Labute approximate surface area is 152 Å². The Kier molecular flexibility index (Phi) is 4.35. The van der Waals surface area contributed by atoms with E-state index >= 15 is 0 Å². The molecule has 0 bridgehead atoms. The van der Waals surface area contributed by atoms with Crippen molar-refractivity contribution in [1.29, 1.82) is 0 Å². The first-order valence-electron chi connectivity index (χ1n) is 8.55. The number of benzene rings is 2. The molecule has 2 aromatic rings. The molecule has 6 heteroatoms. The van der Waals surface area contributed by atoms with Crippen molar-refractivity contribution >= 4 is 25.1 Å². The van der Waals surface area contributed by atoms with Gasteiger partial charge >= 0.3 is 19.1 Å². The highest BCUT2D eigenvalue weighted by molar-refractivity contribution is 6.55. The van der Waals surface area contributed by atoms with Crippen LogP contribution in [0, 0.1) is 0 Å². The highest BCUT2D eigenvalue weighted by Gasteiger charge is 2.29. The normalized spacial score (nSPS) is 17.3. The number of rotatable bonds is 2. The van der Waals surface area contributed by atoms with Crippen LogP contribution in [0.25, 0.3) is 17.2 Å². The van der Waals surface area contributed by atoms with Crippen molar-refractivity contribution in [3.05, 3.63) is 65.1 Å². The van der Waals surface area contributed by atoms with Gasteiger partial charge in [-0.25, -0.2) is 0 Å². The summed E-state index contributed by atoms with van der Waals surface area (Å²) in [6, 6.07) is 14.6. The van der Waals surface area contributed by atoms with Gasteiger partial charge in [0.2, 0.25) is 0 Å². The monoisotopic (exact) mass is 347 g/mol. The molecule has 0 N–H and O–H groups in total. The molecule has 0 spiro atoms. The Hall–Kier alpha value is -2.86. The van der Waals surface area contributed by atoms with Crippen LogP contribution in [-0.4, -0.2) is 44.1 Å². The molecule has 4 rings (SSSR count). The van der Waals surface area contributed by atoms with E-state index in [-0.39, 0.29) is 13.1 Å². The van der Waals surface area contributed by atoms with Crippen LogP contribution in [0.2, 0.25) is 0 Å². The van der Waals surface area contributed by atoms with E-state index in [1.807, 2.05) is 18.2 Å². The first-order valence-corrected chi connectivity index (χ1v) is 8.55. The van der Waals surface area contributed by atoms with Crippen molar-refractivity contribution in [2.45, 2.75) is 6.42 Å². The van der Waals surface area contributed by atoms with Crippen molar-refractivity contribution in [3.8, 4) is 11.1 Å². The molecule has 2 aliphatic rings. The Morgan fingerprint density at radius 3 is 2.42 bits per heavy atom. The van der Waals surface area contributed by atoms with Gasteiger partial charge in [-0.1, -0.05) is 42.5 Å². The summed E-state index contributed by atoms with van der Waals surface area (Å²) in [5, 5.41) is 0. The molecule has 1 fully saturated rings. The van der Waals surface area contributed by atoms with E-state index in [0.717, 1.165) is 12.0 Å². The summed E-state index contributed by atoms with van der Waals surface area (Å²) in [6.45, 7) is 0.129. The fourth-order valence-corrected chi connectivity index (χ4v) is 3.37. The molecule has 0 unspecified atom stereocenters. The first-order chi connectivity index (χ1) is 12.6. The van der Waals surface area contributed by atoms with Gasteiger partial charge in [-0.2, -0.15) is 0 Å². The molecular formula is C20H18BNO4. The van der Waals surface area contributed by atoms with Gasteiger partial charge in [0.25, 0.3) is 0 Å². The molecule has 0 atom stereocenters. The Bertz CT molecular complexity index is 888. The van der Waals surface area contributed by atoms with Gasteiger partial charge in [0.1, 0.15) is 0 Å². The number of carbonyl (C=O) groups is 2. The molecule has 1 aliphatic heterocycles. The van der Waals surface area contributed by atoms with Crippen LogP contribution in [0.15, 0.2) is 48.4 Å². The van der Waals surface area contributed by atoms with Crippen LogP contribution in [-0.2, 0) is 25.3 Å². The minimum absolute atomic E-state index is 0.0646. The van der Waals surface area contributed by atoms with E-state index in [4.69, 9.17) is 9.31 Å². The van der Waals surface area contributed by atoms with E-state index in [0.29, 0.717) is 0 Å². The molecule has 1 aliphatic carbocycles. The molecule has 1 heterocycles. The lowest BCUT2D eigenvalue weighted by Gasteiger charge is -2.21. The van der Waals surface area contributed by atoms with Gasteiger partial charge in [0.15, 0.2) is 0 Å². The molecule has 0 aromatic heterocycles. The van der Waals surface area contributed by atoms with Gasteiger partial charge in [0, 0.05) is 0 Å². The first kappa shape index (κ1) is 16.6. The van der Waals surface area contributed by atoms with Crippen molar-refractivity contribution in [2.75, 3.05) is 20.1 Å². The smallest absolute Gasteiger partial charge is 0.495 e. The van der Waals surface area contributed by atoms with Gasteiger partial charge < -0.3 is 9.31 Å². The summed E-state index contributed by atoms with van der Waals surface area (Å²) in [5.41, 5.74) is 6.07. The lowest BCUT2D eigenvalue weighted by molar-refractivity contribution is -0.145. The number of hydrogen-bond donors (Lipinski definition) is 0. The third-order valence-electron chi connectivity index (χ3n) is 4.56. The van der Waals surface area contributed by atoms with Gasteiger partial charge in [-0.3, -0.25) is 14.5 Å². The van der Waals surface area contributed by atoms with Gasteiger partial charge in [-0.05, 0) is 53.3 Å². The fraction of sp³-hybridized carbons (Fsp3) is 0.200. The van der Waals surface area contributed by atoms with Crippen molar-refractivity contribution in [3.63, 3.8) is 0 Å². The van der Waals surface area contributed by atoms with Crippen LogP contribution in [0.1, 0.15) is 16.7 Å². The fourth-order valence-electron chi connectivity index (χ4n) is 3.37. The lowest BCUT2D eigenvalue weighted by Crippen LogP contribution is -2.41. The van der Waals surface area contributed by atoms with E-state index in [2.05, 4.69) is 30.3 Å². The summed E-state index contributed by atoms with van der Waals surface area (Å²) in [6.07, 6.45) is 2.76. The van der Waals surface area contributed by atoms with Crippen LogP contribution in [0.3, 0.4) is 0 Å². The average molecular weight is 347 g/mol. The maximum Gasteiger partial charge on any atom is 0.628 e.